The molecule has 1 fully saturated rings. The van der Waals surface area contributed by atoms with Gasteiger partial charge in [0, 0.05) is 43.5 Å². The van der Waals surface area contributed by atoms with Gasteiger partial charge in [-0.3, -0.25) is 19.2 Å². The molecule has 5 N–H and O–H groups in total. The van der Waals surface area contributed by atoms with Gasteiger partial charge in [-0.05, 0) is 63.2 Å². The van der Waals surface area contributed by atoms with Gasteiger partial charge in [0.2, 0.25) is 11.9 Å². The predicted molar refractivity (Wildman–Crippen MR) is 159 cm³/mol. The number of carbonyl (C=O) groups is 2. The summed E-state index contributed by atoms with van der Waals surface area (Å²) in [6.07, 6.45) is 6.94. The Bertz CT molecular complexity index is 1560. The van der Waals surface area contributed by atoms with E-state index in [4.69, 9.17) is 10.5 Å². The average molecular weight is 558 g/mol. The number of hydrogen-bond donors (Lipinski definition) is 4. The minimum Gasteiger partial charge on any atom is -0.490 e. The van der Waals surface area contributed by atoms with Crippen LogP contribution in [-0.2, 0) is 11.8 Å². The van der Waals surface area contributed by atoms with Crippen molar-refractivity contribution in [1.29, 1.82) is 0 Å². The highest BCUT2D eigenvalue weighted by atomic mass is 16.5. The van der Waals surface area contributed by atoms with Gasteiger partial charge in [0.1, 0.15) is 23.7 Å². The normalized spacial score (nSPS) is 14.4. The molecule has 0 radical (unpaired) electrons. The fourth-order valence-corrected chi connectivity index (χ4v) is 4.94. The van der Waals surface area contributed by atoms with Crippen molar-refractivity contribution in [3.8, 4) is 5.75 Å². The zero-order valence-electron chi connectivity index (χ0n) is 23.5. The molecule has 12 heteroatoms. The van der Waals surface area contributed by atoms with Crippen molar-refractivity contribution < 1.29 is 14.3 Å². The Morgan fingerprint density at radius 3 is 2.66 bits per heavy atom. The molecule has 214 valence electrons. The second kappa shape index (κ2) is 12.2. The summed E-state index contributed by atoms with van der Waals surface area (Å²) in [6.45, 7) is 6.28. The van der Waals surface area contributed by atoms with Crippen LogP contribution in [0.1, 0.15) is 43.5 Å². The first-order valence-electron chi connectivity index (χ1n) is 13.7. The first kappa shape index (κ1) is 27.8. The number of nitrogens with zero attached hydrogens (tertiary/aromatic N) is 5. The van der Waals surface area contributed by atoms with Crippen LogP contribution >= 0.6 is 0 Å². The Morgan fingerprint density at radius 1 is 1.10 bits per heavy atom. The van der Waals surface area contributed by atoms with Gasteiger partial charge in [0.25, 0.3) is 5.91 Å². The van der Waals surface area contributed by atoms with E-state index in [1.54, 1.807) is 16.8 Å². The molecular weight excluding hydrogens is 522 g/mol. The van der Waals surface area contributed by atoms with E-state index in [9.17, 15) is 9.59 Å². The number of rotatable bonds is 10. The molecule has 2 aromatic carbocycles. The summed E-state index contributed by atoms with van der Waals surface area (Å²) in [5, 5.41) is 14.5. The second-order valence-corrected chi connectivity index (χ2v) is 10.3. The van der Waals surface area contributed by atoms with Gasteiger partial charge in [0.15, 0.2) is 0 Å². The summed E-state index contributed by atoms with van der Waals surface area (Å²) in [4.78, 5) is 35.4. The maximum atomic E-state index is 12.2. The van der Waals surface area contributed by atoms with Crippen molar-refractivity contribution in [2.75, 3.05) is 35.6 Å². The number of likely N-dealkylation sites (tertiary alicyclic amines) is 1. The SMILES string of the molecule is CC(=O)Nc1cc(Nc2ncc(C(N)=O)c(Nc3cccc4nn(C)cc34)n2)ccc1OCC(C)N1CCCCC1. The van der Waals surface area contributed by atoms with Gasteiger partial charge in [-0.2, -0.15) is 10.1 Å². The molecule has 4 aromatic rings. The van der Waals surface area contributed by atoms with Crippen LogP contribution in [0.5, 0.6) is 5.75 Å². The zero-order valence-corrected chi connectivity index (χ0v) is 23.5. The Morgan fingerprint density at radius 2 is 1.90 bits per heavy atom. The van der Waals surface area contributed by atoms with Gasteiger partial charge >= 0.3 is 0 Å². The predicted octanol–water partition coefficient (Wildman–Crippen LogP) is 4.16. The first-order chi connectivity index (χ1) is 19.8. The number of nitrogens with one attached hydrogen (secondary N) is 3. The van der Waals surface area contributed by atoms with Crippen LogP contribution in [0.3, 0.4) is 0 Å². The molecule has 2 aromatic heterocycles. The van der Waals surface area contributed by atoms with Crippen LogP contribution in [0.15, 0.2) is 48.8 Å². The number of aromatic nitrogens is 4. The zero-order chi connectivity index (χ0) is 28.9. The van der Waals surface area contributed by atoms with Crippen molar-refractivity contribution in [3.63, 3.8) is 0 Å². The number of benzene rings is 2. The lowest BCUT2D eigenvalue weighted by Crippen LogP contribution is -2.40. The summed E-state index contributed by atoms with van der Waals surface area (Å²) >= 11 is 0. The molecule has 0 spiro atoms. The van der Waals surface area contributed by atoms with Gasteiger partial charge < -0.3 is 26.4 Å². The third kappa shape index (κ3) is 6.72. The Labute approximate surface area is 238 Å². The molecule has 1 unspecified atom stereocenters. The van der Waals surface area contributed by atoms with Crippen LogP contribution in [0.25, 0.3) is 10.9 Å². The number of carbonyl (C=O) groups excluding carboxylic acids is 2. The maximum absolute atomic E-state index is 12.2. The van der Waals surface area contributed by atoms with E-state index in [0.717, 1.165) is 29.7 Å². The van der Waals surface area contributed by atoms with Crippen molar-refractivity contribution >= 4 is 51.5 Å². The van der Waals surface area contributed by atoms with Crippen molar-refractivity contribution in [2.45, 2.75) is 39.2 Å². The molecule has 1 atom stereocenters. The number of ether oxygens (including phenoxy) is 1. The standard InChI is InChI=1S/C29H35N9O3/c1-18(38-12-5-4-6-13-38)17-41-26-11-10-20(14-25(26)32-19(2)39)33-29-31-15-21(27(30)40)28(35-29)34-23-8-7-9-24-22(23)16-37(3)36-24/h7-11,14-16,18H,4-6,12-13,17H2,1-3H3,(H2,30,40)(H,32,39)(H2,31,33,34,35). The van der Waals surface area contributed by atoms with E-state index in [0.29, 0.717) is 23.7 Å². The fourth-order valence-electron chi connectivity index (χ4n) is 4.94. The third-order valence-corrected chi connectivity index (χ3v) is 7.01. The number of nitrogens with two attached hydrogens (primary N) is 1. The first-order valence-corrected chi connectivity index (χ1v) is 13.7. The highest BCUT2D eigenvalue weighted by Gasteiger charge is 2.19. The lowest BCUT2D eigenvalue weighted by atomic mass is 10.1. The van der Waals surface area contributed by atoms with E-state index >= 15 is 0 Å². The molecule has 0 bridgehead atoms. The molecule has 41 heavy (non-hydrogen) atoms. The number of amides is 2. The van der Waals surface area contributed by atoms with E-state index in [-0.39, 0.29) is 29.3 Å². The number of piperidine rings is 1. The molecular formula is C29H35N9O3. The largest absolute Gasteiger partial charge is 0.490 e. The maximum Gasteiger partial charge on any atom is 0.254 e. The van der Waals surface area contributed by atoms with Crippen molar-refractivity contribution in [1.82, 2.24) is 24.6 Å². The van der Waals surface area contributed by atoms with Crippen LogP contribution in [-0.4, -0.2) is 62.2 Å². The molecule has 1 aliphatic rings. The lowest BCUT2D eigenvalue weighted by Gasteiger charge is -2.32. The summed E-state index contributed by atoms with van der Waals surface area (Å²) in [7, 11) is 1.84. The van der Waals surface area contributed by atoms with E-state index < -0.39 is 5.91 Å². The minimum absolute atomic E-state index is 0.141. The molecule has 1 saturated heterocycles. The minimum atomic E-state index is -0.661. The number of fused-ring (bicyclic) bond motifs is 1. The average Bonchev–Trinajstić information content (AvgIpc) is 3.34. The summed E-state index contributed by atoms with van der Waals surface area (Å²) in [5.74, 6) is 0.184. The van der Waals surface area contributed by atoms with Gasteiger partial charge in [0.05, 0.1) is 16.9 Å². The summed E-state index contributed by atoms with van der Waals surface area (Å²) in [6, 6.07) is 11.3. The Balaban J connectivity index is 1.36. The van der Waals surface area contributed by atoms with Crippen LogP contribution in [0, 0.1) is 0 Å². The van der Waals surface area contributed by atoms with Crippen molar-refractivity contribution in [3.05, 3.63) is 54.4 Å². The smallest absolute Gasteiger partial charge is 0.254 e. The number of anilines is 5. The monoisotopic (exact) mass is 557 g/mol. The fraction of sp³-hybridized carbons (Fsp3) is 0.345. The van der Waals surface area contributed by atoms with E-state index in [1.807, 2.05) is 37.5 Å². The van der Waals surface area contributed by atoms with E-state index in [2.05, 4.69) is 42.8 Å². The van der Waals surface area contributed by atoms with Crippen molar-refractivity contribution in [2.24, 2.45) is 12.8 Å². The molecule has 2 amide bonds. The van der Waals surface area contributed by atoms with Crippen LogP contribution in [0.2, 0.25) is 0 Å². The number of aryl methyl sites for hydroxylation is 1. The van der Waals surface area contributed by atoms with Gasteiger partial charge in [-0.1, -0.05) is 12.5 Å². The highest BCUT2D eigenvalue weighted by molar-refractivity contribution is 6.00. The summed E-state index contributed by atoms with van der Waals surface area (Å²) in [5.41, 5.74) is 8.42. The number of primary amides is 1. The molecule has 0 aliphatic carbocycles. The second-order valence-electron chi connectivity index (χ2n) is 10.3. The van der Waals surface area contributed by atoms with Crippen LogP contribution in [0.4, 0.5) is 28.8 Å². The lowest BCUT2D eigenvalue weighted by molar-refractivity contribution is -0.114. The number of hydrogen-bond acceptors (Lipinski definition) is 9. The quantitative estimate of drug-likeness (QED) is 0.225. The van der Waals surface area contributed by atoms with Gasteiger partial charge in [-0.15, -0.1) is 0 Å². The Kier molecular flexibility index (Phi) is 8.29. The molecule has 0 saturated carbocycles. The third-order valence-electron chi connectivity index (χ3n) is 7.01. The topological polar surface area (TPSA) is 152 Å². The highest BCUT2D eigenvalue weighted by Crippen LogP contribution is 2.31. The molecule has 3 heterocycles. The molecule has 1 aliphatic heterocycles. The molecule has 5 rings (SSSR count). The molecule has 12 nitrogen and oxygen atoms in total. The van der Waals surface area contributed by atoms with E-state index in [1.165, 1.54) is 32.4 Å². The van der Waals surface area contributed by atoms with Gasteiger partial charge in [-0.25, -0.2) is 4.98 Å². The Hall–Kier alpha value is -4.71. The summed E-state index contributed by atoms with van der Waals surface area (Å²) < 4.78 is 7.85. The van der Waals surface area contributed by atoms with Crippen LogP contribution < -0.4 is 26.4 Å².